The lowest BCUT2D eigenvalue weighted by atomic mass is 9.99. The Labute approximate surface area is 308 Å². The molecule has 0 spiro atoms. The summed E-state index contributed by atoms with van der Waals surface area (Å²) in [5.41, 5.74) is 7.83. The highest BCUT2D eigenvalue weighted by atomic mass is 19.1. The molecule has 4 aromatic rings. The van der Waals surface area contributed by atoms with Crippen LogP contribution in [-0.2, 0) is 38.4 Å². The number of nitrogens with two attached hydrogens (primary N) is 1. The molecule has 7 N–H and O–H groups in total. The summed E-state index contributed by atoms with van der Waals surface area (Å²) in [6.07, 6.45) is 1.75. The van der Waals surface area contributed by atoms with E-state index in [1.807, 2.05) is 24.3 Å². The fourth-order valence-corrected chi connectivity index (χ4v) is 6.62. The molecule has 278 valence electrons. The lowest BCUT2D eigenvalue weighted by molar-refractivity contribution is -0.151. The van der Waals surface area contributed by atoms with Crippen LogP contribution < -0.4 is 21.7 Å². The number of guanidine groups is 1. The van der Waals surface area contributed by atoms with E-state index in [-0.39, 0.29) is 43.5 Å². The maximum absolute atomic E-state index is 14.5. The first-order valence-corrected chi connectivity index (χ1v) is 17.7. The van der Waals surface area contributed by atoms with Gasteiger partial charge in [-0.15, -0.1) is 0 Å². The first-order chi connectivity index (χ1) is 25.4. The number of halogens is 1. The summed E-state index contributed by atoms with van der Waals surface area (Å²) in [7, 11) is 0. The zero-order valence-electron chi connectivity index (χ0n) is 29.7. The number of nitrogens with one attached hydrogen (secondary N) is 4. The Balaban J connectivity index is 1.37. The normalized spacial score (nSPS) is 15.4. The fourth-order valence-electron chi connectivity index (χ4n) is 6.62. The molecule has 1 saturated heterocycles. The van der Waals surface area contributed by atoms with E-state index >= 15 is 0 Å². The molecule has 0 radical (unpaired) electrons. The van der Waals surface area contributed by atoms with Gasteiger partial charge in [-0.1, -0.05) is 66.7 Å². The van der Waals surface area contributed by atoms with Crippen molar-refractivity contribution in [3.05, 3.63) is 114 Å². The highest BCUT2D eigenvalue weighted by Crippen LogP contribution is 2.21. The van der Waals surface area contributed by atoms with Gasteiger partial charge >= 0.3 is 0 Å². The highest BCUT2D eigenvalue weighted by Gasteiger charge is 2.38. The van der Waals surface area contributed by atoms with Crippen LogP contribution in [0.5, 0.6) is 5.75 Å². The minimum atomic E-state index is -1.15. The molecule has 0 saturated carbocycles. The molecular weight excluding hydrogens is 677 g/mol. The number of carbonyl (C=O) groups excluding carboxylic acids is 4. The largest absolute Gasteiger partial charge is 0.508 e. The molecule has 1 aliphatic heterocycles. The topological polar surface area (TPSA) is 181 Å². The maximum Gasteiger partial charge on any atom is 0.246 e. The van der Waals surface area contributed by atoms with Crippen LogP contribution in [0.1, 0.15) is 36.5 Å². The van der Waals surface area contributed by atoms with Crippen molar-refractivity contribution in [2.75, 3.05) is 26.2 Å². The Morgan fingerprint density at radius 1 is 0.906 bits per heavy atom. The number of hydrogen-bond donors (Lipinski definition) is 6. The van der Waals surface area contributed by atoms with Crippen molar-refractivity contribution in [3.63, 3.8) is 0 Å². The predicted molar refractivity (Wildman–Crippen MR) is 200 cm³/mol. The lowest BCUT2D eigenvalue weighted by Crippen LogP contribution is -2.63. The average Bonchev–Trinajstić information content (AvgIpc) is 3.13. The second kappa shape index (κ2) is 18.0. The minimum absolute atomic E-state index is 0.00579. The van der Waals surface area contributed by atoms with Crippen LogP contribution in [0.4, 0.5) is 4.39 Å². The summed E-state index contributed by atoms with van der Waals surface area (Å²) in [5, 5.41) is 27.8. The highest BCUT2D eigenvalue weighted by molar-refractivity contribution is 5.94. The van der Waals surface area contributed by atoms with Gasteiger partial charge in [0.1, 0.15) is 30.2 Å². The van der Waals surface area contributed by atoms with Crippen LogP contribution >= 0.6 is 0 Å². The number of piperazine rings is 1. The SMILES string of the molecule is CC(=O)NC(Cc1ccc(O)cc1)C(=O)NC(Cc1ccc(F)cc1)C(=O)N1CC(=O)N(CCc2ccc3ccccc3c2)CC1CCCNC(=N)N. The van der Waals surface area contributed by atoms with E-state index < -0.39 is 41.7 Å². The van der Waals surface area contributed by atoms with Crippen molar-refractivity contribution in [1.82, 2.24) is 25.8 Å². The second-order valence-electron chi connectivity index (χ2n) is 13.4. The summed E-state index contributed by atoms with van der Waals surface area (Å²) in [6.45, 7) is 2.19. The van der Waals surface area contributed by atoms with Crippen LogP contribution in [0.25, 0.3) is 10.8 Å². The number of fused-ring (bicyclic) bond motifs is 1. The molecule has 1 aliphatic rings. The quantitative estimate of drug-likeness (QED) is 0.0620. The van der Waals surface area contributed by atoms with E-state index in [0.717, 1.165) is 16.3 Å². The number of hydrogen-bond acceptors (Lipinski definition) is 6. The Morgan fingerprint density at radius 3 is 2.23 bits per heavy atom. The van der Waals surface area contributed by atoms with Crippen molar-refractivity contribution < 1.29 is 28.7 Å². The first-order valence-electron chi connectivity index (χ1n) is 17.7. The number of phenolic OH excluding ortho intramolecular Hbond substituents is 1. The molecule has 5 rings (SSSR count). The number of phenols is 1. The Morgan fingerprint density at radius 2 is 1.55 bits per heavy atom. The first kappa shape index (κ1) is 38.3. The van der Waals surface area contributed by atoms with Gasteiger partial charge in [0.2, 0.25) is 23.6 Å². The number of amides is 4. The van der Waals surface area contributed by atoms with Gasteiger partial charge in [0.05, 0.1) is 0 Å². The van der Waals surface area contributed by atoms with Crippen molar-refractivity contribution in [2.24, 2.45) is 5.73 Å². The third kappa shape index (κ3) is 11.0. The van der Waals surface area contributed by atoms with Gasteiger partial charge in [0.25, 0.3) is 0 Å². The molecule has 3 atom stereocenters. The maximum atomic E-state index is 14.5. The third-order valence-corrected chi connectivity index (χ3v) is 9.36. The van der Waals surface area contributed by atoms with Crippen molar-refractivity contribution >= 4 is 40.4 Å². The van der Waals surface area contributed by atoms with Gasteiger partial charge in [-0.05, 0) is 71.0 Å². The molecule has 4 amide bonds. The van der Waals surface area contributed by atoms with Crippen molar-refractivity contribution in [1.29, 1.82) is 5.41 Å². The second-order valence-corrected chi connectivity index (χ2v) is 13.4. The number of nitrogens with zero attached hydrogens (tertiary/aromatic N) is 2. The standard InChI is InChI=1S/C40H46FN7O5/c1-26(49)45-35(22-28-11-16-34(50)17-12-28)38(52)46-36(23-27-9-14-32(41)15-10-27)39(53)48-25-37(51)47(24-33(48)7-4-19-44-40(42)43)20-18-29-8-13-30-5-2-3-6-31(30)21-29/h2-3,5-6,8-17,21,33,35-36,50H,4,7,18-20,22-25H2,1H3,(H,45,49)(H,46,52)(H4,42,43,44). The predicted octanol–water partition coefficient (Wildman–Crippen LogP) is 3.00. The van der Waals surface area contributed by atoms with Crippen LogP contribution in [0.3, 0.4) is 0 Å². The summed E-state index contributed by atoms with van der Waals surface area (Å²) in [5.74, 6) is -2.35. The van der Waals surface area contributed by atoms with Gasteiger partial charge in [0, 0.05) is 45.4 Å². The van der Waals surface area contributed by atoms with Crippen molar-refractivity contribution in [2.45, 2.75) is 57.2 Å². The van der Waals surface area contributed by atoms with Gasteiger partial charge in [-0.25, -0.2) is 4.39 Å². The fraction of sp³-hybridized carbons (Fsp3) is 0.325. The van der Waals surface area contributed by atoms with E-state index in [4.69, 9.17) is 11.1 Å². The Kier molecular flexibility index (Phi) is 13.0. The number of benzene rings is 4. The lowest BCUT2D eigenvalue weighted by Gasteiger charge is -2.42. The molecular formula is C40H46FN7O5. The molecule has 1 heterocycles. The monoisotopic (exact) mass is 723 g/mol. The number of aromatic hydroxyl groups is 1. The van der Waals surface area contributed by atoms with Crippen LogP contribution in [0.2, 0.25) is 0 Å². The molecule has 3 unspecified atom stereocenters. The molecule has 4 aromatic carbocycles. The molecule has 0 aliphatic carbocycles. The summed E-state index contributed by atoms with van der Waals surface area (Å²) in [4.78, 5) is 57.5. The van der Waals surface area contributed by atoms with Gasteiger partial charge in [0.15, 0.2) is 5.96 Å². The molecule has 13 heteroatoms. The molecule has 53 heavy (non-hydrogen) atoms. The Hall–Kier alpha value is -5.98. The smallest absolute Gasteiger partial charge is 0.246 e. The molecule has 0 bridgehead atoms. The van der Waals surface area contributed by atoms with E-state index in [0.29, 0.717) is 43.5 Å². The van der Waals surface area contributed by atoms with E-state index in [2.05, 4.69) is 34.1 Å². The van der Waals surface area contributed by atoms with Crippen molar-refractivity contribution in [3.8, 4) is 5.75 Å². The molecule has 12 nitrogen and oxygen atoms in total. The minimum Gasteiger partial charge on any atom is -0.508 e. The van der Waals surface area contributed by atoms with Crippen LogP contribution in [0, 0.1) is 11.2 Å². The van der Waals surface area contributed by atoms with Gasteiger partial charge in [-0.3, -0.25) is 24.6 Å². The third-order valence-electron chi connectivity index (χ3n) is 9.36. The summed E-state index contributed by atoms with van der Waals surface area (Å²) < 4.78 is 13.8. The summed E-state index contributed by atoms with van der Waals surface area (Å²) >= 11 is 0. The Bertz CT molecular complexity index is 1920. The van der Waals surface area contributed by atoms with E-state index in [1.165, 1.54) is 48.2 Å². The molecule has 0 aromatic heterocycles. The zero-order chi connectivity index (χ0) is 37.9. The van der Waals surface area contributed by atoms with Crippen LogP contribution in [-0.4, -0.2) is 88.8 Å². The number of rotatable bonds is 15. The van der Waals surface area contributed by atoms with Gasteiger partial charge in [-0.2, -0.15) is 0 Å². The number of carbonyl (C=O) groups is 4. The van der Waals surface area contributed by atoms with Crippen LogP contribution in [0.15, 0.2) is 91.0 Å². The molecule has 1 fully saturated rings. The zero-order valence-corrected chi connectivity index (χ0v) is 29.7. The summed E-state index contributed by atoms with van der Waals surface area (Å²) in [6, 6.07) is 23.5. The van der Waals surface area contributed by atoms with E-state index in [9.17, 15) is 28.7 Å². The van der Waals surface area contributed by atoms with E-state index in [1.54, 1.807) is 17.0 Å². The van der Waals surface area contributed by atoms with Gasteiger partial charge < -0.3 is 36.6 Å². The average molecular weight is 724 g/mol.